The molecule has 0 aliphatic heterocycles. The molecular formula is C12H19BrN2O3S. The smallest absolute Gasteiger partial charge is 0.242 e. The van der Waals surface area contributed by atoms with E-state index in [4.69, 9.17) is 5.73 Å². The summed E-state index contributed by atoms with van der Waals surface area (Å²) in [6, 6.07) is 4.62. The van der Waals surface area contributed by atoms with E-state index in [2.05, 4.69) is 20.7 Å². The molecule has 19 heavy (non-hydrogen) atoms. The van der Waals surface area contributed by atoms with Gasteiger partial charge in [0.1, 0.15) is 4.90 Å². The number of hydrogen-bond acceptors (Lipinski definition) is 4. The Labute approximate surface area is 122 Å². The Bertz CT molecular complexity index is 532. The molecule has 1 rings (SSSR count). The maximum atomic E-state index is 12.1. The molecule has 4 N–H and O–H groups in total. The van der Waals surface area contributed by atoms with Crippen molar-refractivity contribution in [1.82, 2.24) is 4.72 Å². The molecule has 7 heteroatoms. The van der Waals surface area contributed by atoms with Crippen LogP contribution < -0.4 is 10.5 Å². The van der Waals surface area contributed by atoms with E-state index in [-0.39, 0.29) is 17.1 Å². The van der Waals surface area contributed by atoms with Crippen molar-refractivity contribution in [1.29, 1.82) is 0 Å². The second-order valence-electron chi connectivity index (χ2n) is 4.82. The van der Waals surface area contributed by atoms with E-state index in [0.29, 0.717) is 16.8 Å². The minimum absolute atomic E-state index is 0.0126. The Morgan fingerprint density at radius 3 is 2.63 bits per heavy atom. The molecule has 0 saturated heterocycles. The second kappa shape index (κ2) is 6.69. The lowest BCUT2D eigenvalue weighted by atomic mass is 10.1. The van der Waals surface area contributed by atoms with Gasteiger partial charge in [0.05, 0.1) is 11.8 Å². The fourth-order valence-corrected chi connectivity index (χ4v) is 3.39. The number of nitrogens with one attached hydrogen (secondary N) is 1. The fraction of sp³-hybridized carbons (Fsp3) is 0.500. The lowest BCUT2D eigenvalue weighted by Gasteiger charge is -2.15. The Morgan fingerprint density at radius 2 is 2.05 bits per heavy atom. The predicted molar refractivity (Wildman–Crippen MR) is 79.2 cm³/mol. The first-order valence-corrected chi connectivity index (χ1v) is 8.22. The normalized spacial score (nSPS) is 13.7. The summed E-state index contributed by atoms with van der Waals surface area (Å²) in [5.74, 6) is 0.301. The zero-order valence-corrected chi connectivity index (χ0v) is 13.3. The van der Waals surface area contributed by atoms with Gasteiger partial charge in [-0.15, -0.1) is 0 Å². The molecule has 0 aliphatic carbocycles. The summed E-state index contributed by atoms with van der Waals surface area (Å²) in [5.41, 5.74) is 5.84. The quantitative estimate of drug-likeness (QED) is 0.681. The fourth-order valence-electron chi connectivity index (χ4n) is 1.65. The van der Waals surface area contributed by atoms with Gasteiger partial charge in [0, 0.05) is 11.0 Å². The van der Waals surface area contributed by atoms with E-state index in [0.717, 1.165) is 0 Å². The largest absolute Gasteiger partial charge is 0.398 e. The van der Waals surface area contributed by atoms with Gasteiger partial charge in [-0.2, -0.15) is 0 Å². The maximum absolute atomic E-state index is 12.1. The number of aliphatic hydroxyl groups is 1. The summed E-state index contributed by atoms with van der Waals surface area (Å²) in [4.78, 5) is 0.0126. The van der Waals surface area contributed by atoms with Gasteiger partial charge in [0.15, 0.2) is 0 Å². The number of aliphatic hydroxyl groups excluding tert-OH is 1. The monoisotopic (exact) mass is 350 g/mol. The highest BCUT2D eigenvalue weighted by molar-refractivity contribution is 9.10. The summed E-state index contributed by atoms with van der Waals surface area (Å²) in [6.45, 7) is 3.90. The lowest BCUT2D eigenvalue weighted by molar-refractivity contribution is 0.152. The van der Waals surface area contributed by atoms with Crippen LogP contribution in [0.15, 0.2) is 27.6 Å². The molecule has 0 aliphatic rings. The number of anilines is 1. The van der Waals surface area contributed by atoms with Crippen LogP contribution in [0.25, 0.3) is 0 Å². The molecule has 0 bridgehead atoms. The highest BCUT2D eigenvalue weighted by atomic mass is 79.9. The van der Waals surface area contributed by atoms with Gasteiger partial charge in [-0.05, 0) is 30.5 Å². The van der Waals surface area contributed by atoms with Crippen LogP contribution in [-0.2, 0) is 10.0 Å². The van der Waals surface area contributed by atoms with Gasteiger partial charge >= 0.3 is 0 Å². The van der Waals surface area contributed by atoms with E-state index in [1.54, 1.807) is 6.07 Å². The third kappa shape index (κ3) is 5.10. The molecule has 0 fully saturated rings. The van der Waals surface area contributed by atoms with Crippen molar-refractivity contribution in [2.75, 3.05) is 12.3 Å². The predicted octanol–water partition coefficient (Wildman–Crippen LogP) is 1.72. The van der Waals surface area contributed by atoms with Gasteiger partial charge in [-0.25, -0.2) is 13.1 Å². The summed E-state index contributed by atoms with van der Waals surface area (Å²) in [7, 11) is -3.71. The third-order valence-electron chi connectivity index (χ3n) is 2.52. The van der Waals surface area contributed by atoms with Crippen LogP contribution in [0.4, 0.5) is 5.69 Å². The molecule has 1 aromatic rings. The number of hydrogen-bond donors (Lipinski definition) is 3. The highest BCUT2D eigenvalue weighted by Gasteiger charge is 2.19. The Hall–Kier alpha value is -0.630. The van der Waals surface area contributed by atoms with Crippen LogP contribution in [0.1, 0.15) is 20.3 Å². The van der Waals surface area contributed by atoms with E-state index in [1.165, 1.54) is 12.1 Å². The molecule has 1 aromatic carbocycles. The number of nitrogen functional groups attached to an aromatic ring is 1. The SMILES string of the molecule is CC(C)CC(O)CNS(=O)(=O)c1cc(Br)ccc1N. The topological polar surface area (TPSA) is 92.4 Å². The average molecular weight is 351 g/mol. The van der Waals surface area contributed by atoms with Gasteiger partial charge in [0.25, 0.3) is 0 Å². The Balaban J connectivity index is 2.79. The minimum Gasteiger partial charge on any atom is -0.398 e. The molecule has 0 aromatic heterocycles. The number of halogens is 1. The van der Waals surface area contributed by atoms with E-state index < -0.39 is 16.1 Å². The van der Waals surface area contributed by atoms with E-state index in [1.807, 2.05) is 13.8 Å². The molecule has 108 valence electrons. The van der Waals surface area contributed by atoms with E-state index in [9.17, 15) is 13.5 Å². The first kappa shape index (κ1) is 16.4. The molecule has 5 nitrogen and oxygen atoms in total. The van der Waals surface area contributed by atoms with Crippen molar-refractivity contribution >= 4 is 31.6 Å². The Kier molecular flexibility index (Phi) is 5.79. The van der Waals surface area contributed by atoms with Crippen molar-refractivity contribution in [3.8, 4) is 0 Å². The Morgan fingerprint density at radius 1 is 1.42 bits per heavy atom. The van der Waals surface area contributed by atoms with Crippen molar-refractivity contribution in [2.45, 2.75) is 31.3 Å². The standard InChI is InChI=1S/C12H19BrN2O3S/c1-8(2)5-10(16)7-15-19(17,18)12-6-9(13)3-4-11(12)14/h3-4,6,8,10,15-16H,5,7,14H2,1-2H3. The first-order valence-electron chi connectivity index (χ1n) is 5.95. The number of benzene rings is 1. The molecule has 0 saturated carbocycles. The van der Waals surface area contributed by atoms with Gasteiger partial charge in [-0.1, -0.05) is 29.8 Å². The van der Waals surface area contributed by atoms with E-state index >= 15 is 0 Å². The molecule has 1 atom stereocenters. The zero-order chi connectivity index (χ0) is 14.6. The first-order chi connectivity index (χ1) is 8.72. The average Bonchev–Trinajstić information content (AvgIpc) is 2.29. The lowest BCUT2D eigenvalue weighted by Crippen LogP contribution is -2.33. The number of sulfonamides is 1. The van der Waals surface area contributed by atoms with Crippen molar-refractivity contribution in [3.63, 3.8) is 0 Å². The molecular weight excluding hydrogens is 332 g/mol. The molecule has 1 unspecified atom stereocenters. The van der Waals surface area contributed by atoms with Gasteiger partial charge in [0.2, 0.25) is 10.0 Å². The van der Waals surface area contributed by atoms with Crippen LogP contribution in [0.2, 0.25) is 0 Å². The second-order valence-corrected chi connectivity index (χ2v) is 7.47. The summed E-state index contributed by atoms with van der Waals surface area (Å²) in [6.07, 6.45) is -0.167. The van der Waals surface area contributed by atoms with Crippen LogP contribution in [0.5, 0.6) is 0 Å². The maximum Gasteiger partial charge on any atom is 0.242 e. The minimum atomic E-state index is -3.71. The molecule has 0 heterocycles. The van der Waals surface area contributed by atoms with Crippen LogP contribution in [0, 0.1) is 5.92 Å². The van der Waals surface area contributed by atoms with Crippen molar-refractivity contribution in [3.05, 3.63) is 22.7 Å². The van der Waals surface area contributed by atoms with Crippen molar-refractivity contribution in [2.24, 2.45) is 5.92 Å². The summed E-state index contributed by atoms with van der Waals surface area (Å²) >= 11 is 3.20. The van der Waals surface area contributed by atoms with Gasteiger partial charge < -0.3 is 10.8 Å². The van der Waals surface area contributed by atoms with Gasteiger partial charge in [-0.3, -0.25) is 0 Å². The van der Waals surface area contributed by atoms with Crippen LogP contribution in [0.3, 0.4) is 0 Å². The van der Waals surface area contributed by atoms with Crippen LogP contribution >= 0.6 is 15.9 Å². The number of nitrogens with two attached hydrogens (primary N) is 1. The van der Waals surface area contributed by atoms with Crippen LogP contribution in [-0.4, -0.2) is 26.2 Å². The summed E-state index contributed by atoms with van der Waals surface area (Å²) in [5, 5.41) is 9.69. The third-order valence-corrected chi connectivity index (χ3v) is 4.49. The molecule has 0 amide bonds. The summed E-state index contributed by atoms with van der Waals surface area (Å²) < 4.78 is 27.1. The van der Waals surface area contributed by atoms with Crippen molar-refractivity contribution < 1.29 is 13.5 Å². The molecule has 0 spiro atoms. The highest BCUT2D eigenvalue weighted by Crippen LogP contribution is 2.22. The number of rotatable bonds is 6. The molecule has 0 radical (unpaired) electrons. The zero-order valence-electron chi connectivity index (χ0n) is 10.9.